The molecule has 1 fully saturated rings. The largest absolute Gasteiger partial charge is 0.382 e. The fourth-order valence-electron chi connectivity index (χ4n) is 1.22. The molecule has 1 N–H and O–H groups in total. The third kappa shape index (κ3) is 3.17. The Morgan fingerprint density at radius 2 is 2.23 bits per heavy atom. The first kappa shape index (κ1) is 10.8. The van der Waals surface area contributed by atoms with E-state index >= 15 is 0 Å². The first-order valence-corrected chi connectivity index (χ1v) is 5.68. The van der Waals surface area contributed by atoms with E-state index in [2.05, 4.69) is 0 Å². The zero-order valence-electron chi connectivity index (χ0n) is 7.73. The molecule has 0 aromatic heterocycles. The maximum atomic E-state index is 11.5. The highest BCUT2D eigenvalue weighted by Crippen LogP contribution is 2.04. The first-order valence-electron chi connectivity index (χ1n) is 4.29. The van der Waals surface area contributed by atoms with Gasteiger partial charge in [0.15, 0.2) is 0 Å². The number of hydrogen-bond donors (Lipinski definition) is 1. The van der Waals surface area contributed by atoms with Crippen molar-refractivity contribution in [3.05, 3.63) is 0 Å². The summed E-state index contributed by atoms with van der Waals surface area (Å²) >= 11 is 1.47. The molecule has 0 aliphatic carbocycles. The first-order chi connectivity index (χ1) is 6.25. The van der Waals surface area contributed by atoms with Crippen LogP contribution in [0.4, 0.5) is 0 Å². The summed E-state index contributed by atoms with van der Waals surface area (Å²) in [5.41, 5.74) is 0. The molecule has 1 aliphatic heterocycles. The van der Waals surface area contributed by atoms with E-state index in [0.717, 1.165) is 0 Å². The van der Waals surface area contributed by atoms with Gasteiger partial charge in [-0.05, 0) is 6.26 Å². The molecule has 0 aromatic carbocycles. The van der Waals surface area contributed by atoms with E-state index in [4.69, 9.17) is 4.74 Å². The van der Waals surface area contributed by atoms with Crippen LogP contribution in [-0.2, 0) is 9.53 Å². The molecule has 4 nitrogen and oxygen atoms in total. The Labute approximate surface area is 82.2 Å². The van der Waals surface area contributed by atoms with Crippen LogP contribution in [0, 0.1) is 0 Å². The number of ether oxygens (including phenoxy) is 1. The monoisotopic (exact) mass is 205 g/mol. The number of rotatable bonds is 3. The van der Waals surface area contributed by atoms with Crippen molar-refractivity contribution in [1.29, 1.82) is 0 Å². The van der Waals surface area contributed by atoms with Gasteiger partial charge in [-0.3, -0.25) is 4.79 Å². The van der Waals surface area contributed by atoms with Gasteiger partial charge in [0, 0.05) is 18.8 Å². The van der Waals surface area contributed by atoms with Crippen LogP contribution in [0.2, 0.25) is 0 Å². The number of aliphatic hydroxyl groups excluding tert-OH is 1. The molecule has 1 aliphatic rings. The summed E-state index contributed by atoms with van der Waals surface area (Å²) in [7, 11) is 0. The fourth-order valence-corrected chi connectivity index (χ4v) is 1.68. The third-order valence-electron chi connectivity index (χ3n) is 1.93. The minimum Gasteiger partial charge on any atom is -0.382 e. The Morgan fingerprint density at radius 3 is 2.77 bits per heavy atom. The Bertz CT molecular complexity index is 171. The van der Waals surface area contributed by atoms with Gasteiger partial charge in [0.2, 0.25) is 0 Å². The van der Waals surface area contributed by atoms with Crippen LogP contribution >= 0.6 is 11.8 Å². The zero-order valence-corrected chi connectivity index (χ0v) is 8.55. The molecule has 1 unspecified atom stereocenters. The number of thioether (sulfide) groups is 1. The summed E-state index contributed by atoms with van der Waals surface area (Å²) < 4.78 is 5.11. The standard InChI is InChI=1S/C8H15NO3S/c1-13-6-7(10)8(11)9-2-4-12-5-3-9/h7,10H,2-6H2,1H3. The van der Waals surface area contributed by atoms with Gasteiger partial charge < -0.3 is 14.7 Å². The lowest BCUT2D eigenvalue weighted by Gasteiger charge is -2.28. The van der Waals surface area contributed by atoms with Crippen molar-refractivity contribution in [2.45, 2.75) is 6.10 Å². The summed E-state index contributed by atoms with van der Waals surface area (Å²) in [5.74, 6) is 0.300. The predicted molar refractivity (Wildman–Crippen MR) is 51.8 cm³/mol. The normalized spacial score (nSPS) is 20.0. The average molecular weight is 205 g/mol. The number of morpholine rings is 1. The van der Waals surface area contributed by atoms with Crippen LogP contribution < -0.4 is 0 Å². The molecule has 1 atom stereocenters. The van der Waals surface area contributed by atoms with E-state index in [0.29, 0.717) is 32.1 Å². The second-order valence-corrected chi connectivity index (χ2v) is 3.82. The van der Waals surface area contributed by atoms with Crippen molar-refractivity contribution in [3.63, 3.8) is 0 Å². The van der Waals surface area contributed by atoms with Crippen LogP contribution in [0.5, 0.6) is 0 Å². The molecule has 5 heteroatoms. The van der Waals surface area contributed by atoms with E-state index in [1.54, 1.807) is 4.90 Å². The maximum Gasteiger partial charge on any atom is 0.252 e. The lowest BCUT2D eigenvalue weighted by atomic mass is 10.3. The number of amides is 1. The zero-order chi connectivity index (χ0) is 9.68. The quantitative estimate of drug-likeness (QED) is 0.679. The summed E-state index contributed by atoms with van der Waals surface area (Å²) in [6.45, 7) is 2.37. The van der Waals surface area contributed by atoms with Crippen LogP contribution in [0.15, 0.2) is 0 Å². The summed E-state index contributed by atoms with van der Waals surface area (Å²) in [6.07, 6.45) is 1.02. The van der Waals surface area contributed by atoms with Crippen molar-refractivity contribution < 1.29 is 14.6 Å². The molecule has 1 rings (SSSR count). The van der Waals surface area contributed by atoms with Gasteiger partial charge in [0.05, 0.1) is 13.2 Å². The lowest BCUT2D eigenvalue weighted by molar-refractivity contribution is -0.143. The number of carbonyl (C=O) groups excluding carboxylic acids is 1. The van der Waals surface area contributed by atoms with Gasteiger partial charge in [0.25, 0.3) is 5.91 Å². The topological polar surface area (TPSA) is 49.8 Å². The molecule has 1 saturated heterocycles. The lowest BCUT2D eigenvalue weighted by Crippen LogP contribution is -2.46. The smallest absolute Gasteiger partial charge is 0.252 e. The Morgan fingerprint density at radius 1 is 1.62 bits per heavy atom. The SMILES string of the molecule is CSCC(O)C(=O)N1CCOCC1. The van der Waals surface area contributed by atoms with Crippen LogP contribution in [0.1, 0.15) is 0 Å². The van der Waals surface area contributed by atoms with Gasteiger partial charge in [-0.1, -0.05) is 0 Å². The molecule has 1 amide bonds. The van der Waals surface area contributed by atoms with E-state index in [9.17, 15) is 9.90 Å². The van der Waals surface area contributed by atoms with Crippen molar-refractivity contribution >= 4 is 17.7 Å². The van der Waals surface area contributed by atoms with Crippen LogP contribution in [0.25, 0.3) is 0 Å². The highest BCUT2D eigenvalue weighted by atomic mass is 32.2. The van der Waals surface area contributed by atoms with E-state index in [1.165, 1.54) is 11.8 Å². The minimum atomic E-state index is -0.854. The van der Waals surface area contributed by atoms with Crippen LogP contribution in [0.3, 0.4) is 0 Å². The number of aliphatic hydroxyl groups is 1. The molecule has 76 valence electrons. The predicted octanol–water partition coefficient (Wildman–Crippen LogP) is -0.431. The second-order valence-electron chi connectivity index (χ2n) is 2.91. The van der Waals surface area contributed by atoms with Crippen molar-refractivity contribution in [1.82, 2.24) is 4.90 Å². The third-order valence-corrected chi connectivity index (χ3v) is 2.58. The van der Waals surface area contributed by atoms with E-state index in [1.807, 2.05) is 6.26 Å². The second kappa shape index (κ2) is 5.47. The van der Waals surface area contributed by atoms with Gasteiger partial charge in [-0.25, -0.2) is 0 Å². The Hall–Kier alpha value is -0.260. The van der Waals surface area contributed by atoms with E-state index < -0.39 is 6.10 Å². The van der Waals surface area contributed by atoms with Crippen molar-refractivity contribution in [2.75, 3.05) is 38.3 Å². The number of carbonyl (C=O) groups is 1. The Balaban J connectivity index is 2.36. The summed E-state index contributed by atoms with van der Waals surface area (Å²) in [5, 5.41) is 9.42. The molecule has 0 saturated carbocycles. The molecule has 0 bridgehead atoms. The minimum absolute atomic E-state index is 0.169. The number of nitrogens with zero attached hydrogens (tertiary/aromatic N) is 1. The molecule has 0 radical (unpaired) electrons. The van der Waals surface area contributed by atoms with E-state index in [-0.39, 0.29) is 5.91 Å². The summed E-state index contributed by atoms with van der Waals surface area (Å²) in [4.78, 5) is 13.2. The molecule has 0 spiro atoms. The van der Waals surface area contributed by atoms with Crippen molar-refractivity contribution in [2.24, 2.45) is 0 Å². The molecular formula is C8H15NO3S. The highest BCUT2D eigenvalue weighted by molar-refractivity contribution is 7.98. The maximum absolute atomic E-state index is 11.5. The molecule has 1 heterocycles. The Kier molecular flexibility index (Phi) is 4.55. The number of hydrogen-bond acceptors (Lipinski definition) is 4. The molecule has 13 heavy (non-hydrogen) atoms. The van der Waals surface area contributed by atoms with Gasteiger partial charge in [-0.2, -0.15) is 11.8 Å². The van der Waals surface area contributed by atoms with Crippen LogP contribution in [-0.4, -0.2) is 60.3 Å². The fraction of sp³-hybridized carbons (Fsp3) is 0.875. The summed E-state index contributed by atoms with van der Waals surface area (Å²) in [6, 6.07) is 0. The highest BCUT2D eigenvalue weighted by Gasteiger charge is 2.23. The van der Waals surface area contributed by atoms with Gasteiger partial charge in [-0.15, -0.1) is 0 Å². The average Bonchev–Trinajstić information content (AvgIpc) is 2.18. The molecule has 0 aromatic rings. The van der Waals surface area contributed by atoms with Gasteiger partial charge >= 0.3 is 0 Å². The van der Waals surface area contributed by atoms with Crippen molar-refractivity contribution in [3.8, 4) is 0 Å². The molecular weight excluding hydrogens is 190 g/mol. The van der Waals surface area contributed by atoms with Gasteiger partial charge in [0.1, 0.15) is 6.10 Å².